The summed E-state index contributed by atoms with van der Waals surface area (Å²) in [4.78, 5) is 4.45. The molecule has 0 unspecified atom stereocenters. The van der Waals surface area contributed by atoms with E-state index >= 15 is 0 Å². The molecular weight excluding hydrogens is 468 g/mol. The highest BCUT2D eigenvalue weighted by Crippen LogP contribution is 2.30. The fourth-order valence-electron chi connectivity index (χ4n) is 3.95. The van der Waals surface area contributed by atoms with Crippen molar-refractivity contribution in [3.63, 3.8) is 0 Å². The highest BCUT2D eigenvalue weighted by molar-refractivity contribution is 7.98. The molecule has 2 heterocycles. The third-order valence-corrected chi connectivity index (χ3v) is 6.43. The molecule has 2 aromatic heterocycles. The van der Waals surface area contributed by atoms with Gasteiger partial charge in [-0.15, -0.1) is 10.2 Å². The van der Waals surface area contributed by atoms with Crippen LogP contribution >= 0.6 is 11.8 Å². The number of aromatic nitrogens is 5. The van der Waals surface area contributed by atoms with E-state index in [4.69, 9.17) is 4.74 Å². The Morgan fingerprint density at radius 3 is 2.37 bits per heavy atom. The molecule has 0 aliphatic carbocycles. The van der Waals surface area contributed by atoms with Gasteiger partial charge in [0, 0.05) is 12.1 Å². The molecule has 0 bridgehead atoms. The molecule has 3 aromatic carbocycles. The Morgan fingerprint density at radius 2 is 1.63 bits per heavy atom. The minimum Gasteiger partial charge on any atom is -0.494 e. The van der Waals surface area contributed by atoms with E-state index in [2.05, 4.69) is 15.2 Å². The first-order valence-electron chi connectivity index (χ1n) is 11.2. The molecule has 5 rings (SSSR count). The molecule has 0 fully saturated rings. The summed E-state index contributed by atoms with van der Waals surface area (Å²) in [6, 6.07) is 24.6. The van der Waals surface area contributed by atoms with E-state index in [1.165, 1.54) is 11.8 Å². The molecule has 6 nitrogen and oxygen atoms in total. The lowest BCUT2D eigenvalue weighted by Crippen LogP contribution is -2.06. The zero-order chi connectivity index (χ0) is 24.2. The van der Waals surface area contributed by atoms with Gasteiger partial charge in [0.15, 0.2) is 5.16 Å². The molecule has 0 radical (unpaired) electrons. The summed E-state index contributed by atoms with van der Waals surface area (Å²) in [7, 11) is 0. The van der Waals surface area contributed by atoms with Crippen molar-refractivity contribution in [2.24, 2.45) is 0 Å². The van der Waals surface area contributed by atoms with Gasteiger partial charge in [-0.05, 0) is 48.9 Å². The van der Waals surface area contributed by atoms with Crippen LogP contribution in [0.15, 0.2) is 84.0 Å². The number of hydrogen-bond donors (Lipinski definition) is 0. The van der Waals surface area contributed by atoms with Crippen molar-refractivity contribution in [3.8, 4) is 11.4 Å². The van der Waals surface area contributed by atoms with Crippen molar-refractivity contribution >= 4 is 22.8 Å². The fraction of sp³-hybridized carbons (Fsp3) is 0.192. The molecule has 0 amide bonds. The number of ether oxygens (including phenoxy) is 1. The van der Waals surface area contributed by atoms with Crippen molar-refractivity contribution in [2.45, 2.75) is 30.8 Å². The van der Waals surface area contributed by atoms with Gasteiger partial charge in [-0.1, -0.05) is 54.2 Å². The van der Waals surface area contributed by atoms with Gasteiger partial charge in [0.05, 0.1) is 23.4 Å². The molecule has 0 saturated heterocycles. The molecule has 0 aliphatic rings. The Kier molecular flexibility index (Phi) is 6.76. The summed E-state index contributed by atoms with van der Waals surface area (Å²) >= 11 is 1.33. The van der Waals surface area contributed by atoms with E-state index in [0.717, 1.165) is 27.4 Å². The number of halogens is 2. The maximum Gasteiger partial charge on any atom is 0.320 e. The molecule has 35 heavy (non-hydrogen) atoms. The number of para-hydroxylation sites is 2. The van der Waals surface area contributed by atoms with E-state index in [0.29, 0.717) is 29.2 Å². The van der Waals surface area contributed by atoms with Crippen LogP contribution in [0.4, 0.5) is 8.78 Å². The average Bonchev–Trinajstić information content (AvgIpc) is 3.45. The van der Waals surface area contributed by atoms with E-state index < -0.39 is 6.55 Å². The average molecular weight is 492 g/mol. The minimum atomic E-state index is -2.68. The van der Waals surface area contributed by atoms with Crippen molar-refractivity contribution in [3.05, 3.63) is 96.1 Å². The lowest BCUT2D eigenvalue weighted by Gasteiger charge is -2.12. The standard InChI is InChI=1S/C26H23F2N5OS/c1-2-34-20-14-12-19(13-15-20)32-23(16-18-8-4-3-5-9-18)30-31-26(32)35-17-24-29-21-10-6-7-11-22(21)33(24)25(27)28/h3-15,25H,2,16-17H2,1H3. The summed E-state index contributed by atoms with van der Waals surface area (Å²) < 4.78 is 36.3. The maximum absolute atomic E-state index is 13.9. The zero-order valence-electron chi connectivity index (χ0n) is 19.0. The number of hydrogen-bond acceptors (Lipinski definition) is 5. The second kappa shape index (κ2) is 10.3. The van der Waals surface area contributed by atoms with Gasteiger partial charge in [0.2, 0.25) is 0 Å². The normalized spacial score (nSPS) is 11.4. The van der Waals surface area contributed by atoms with Crippen LogP contribution in [0.25, 0.3) is 16.7 Å². The number of nitrogens with zero attached hydrogens (tertiary/aromatic N) is 5. The van der Waals surface area contributed by atoms with Crippen molar-refractivity contribution in [2.75, 3.05) is 6.61 Å². The molecule has 0 N–H and O–H groups in total. The van der Waals surface area contributed by atoms with Crippen LogP contribution in [0, 0.1) is 0 Å². The van der Waals surface area contributed by atoms with Crippen molar-refractivity contribution in [1.82, 2.24) is 24.3 Å². The topological polar surface area (TPSA) is 57.8 Å². The molecule has 0 spiro atoms. The molecule has 0 saturated carbocycles. The summed E-state index contributed by atoms with van der Waals surface area (Å²) in [6.45, 7) is -0.166. The smallest absolute Gasteiger partial charge is 0.320 e. The number of rotatable bonds is 9. The van der Waals surface area contributed by atoms with Gasteiger partial charge in [-0.25, -0.2) is 4.98 Å². The Labute approximate surface area is 205 Å². The second-order valence-corrected chi connectivity index (χ2v) is 8.72. The highest BCUT2D eigenvalue weighted by atomic mass is 32.2. The first-order chi connectivity index (χ1) is 17.1. The number of alkyl halides is 2. The van der Waals surface area contributed by atoms with Gasteiger partial charge < -0.3 is 4.74 Å². The number of imidazole rings is 1. The first kappa shape index (κ1) is 23.0. The quantitative estimate of drug-likeness (QED) is 0.227. The zero-order valence-corrected chi connectivity index (χ0v) is 19.8. The van der Waals surface area contributed by atoms with Gasteiger partial charge in [-0.3, -0.25) is 9.13 Å². The number of fused-ring (bicyclic) bond motifs is 1. The van der Waals surface area contributed by atoms with Gasteiger partial charge in [-0.2, -0.15) is 8.78 Å². The fourth-order valence-corrected chi connectivity index (χ4v) is 4.85. The van der Waals surface area contributed by atoms with E-state index in [1.54, 1.807) is 24.3 Å². The Morgan fingerprint density at radius 1 is 0.886 bits per heavy atom. The molecule has 0 aliphatic heterocycles. The third kappa shape index (κ3) is 4.90. The maximum atomic E-state index is 13.9. The van der Waals surface area contributed by atoms with Crippen LogP contribution in [-0.2, 0) is 12.2 Å². The molecule has 178 valence electrons. The minimum absolute atomic E-state index is 0.222. The summed E-state index contributed by atoms with van der Waals surface area (Å²) in [6.07, 6.45) is 0.581. The van der Waals surface area contributed by atoms with E-state index in [9.17, 15) is 8.78 Å². The van der Waals surface area contributed by atoms with Gasteiger partial charge >= 0.3 is 6.55 Å². The Hall–Kier alpha value is -3.72. The molecule has 5 aromatic rings. The predicted octanol–water partition coefficient (Wildman–Crippen LogP) is 6.29. The summed E-state index contributed by atoms with van der Waals surface area (Å²) in [5.41, 5.74) is 2.93. The second-order valence-electron chi connectivity index (χ2n) is 7.78. The first-order valence-corrected chi connectivity index (χ1v) is 12.2. The van der Waals surface area contributed by atoms with Crippen LogP contribution in [0.3, 0.4) is 0 Å². The number of thioether (sulfide) groups is 1. The van der Waals surface area contributed by atoms with Crippen LogP contribution in [0.1, 0.15) is 30.7 Å². The lowest BCUT2D eigenvalue weighted by atomic mass is 10.1. The van der Waals surface area contributed by atoms with Crippen LogP contribution in [0.5, 0.6) is 5.75 Å². The highest BCUT2D eigenvalue weighted by Gasteiger charge is 2.20. The van der Waals surface area contributed by atoms with Crippen LogP contribution in [-0.4, -0.2) is 30.9 Å². The monoisotopic (exact) mass is 491 g/mol. The number of benzene rings is 3. The SMILES string of the molecule is CCOc1ccc(-n2c(Cc3ccccc3)nnc2SCc2nc3ccccc3n2C(F)F)cc1. The van der Waals surface area contributed by atoms with Crippen LogP contribution in [0.2, 0.25) is 0 Å². The summed E-state index contributed by atoms with van der Waals surface area (Å²) in [5.74, 6) is 2.04. The third-order valence-electron chi connectivity index (χ3n) is 5.51. The van der Waals surface area contributed by atoms with Gasteiger partial charge in [0.1, 0.15) is 17.4 Å². The molecule has 0 atom stereocenters. The van der Waals surface area contributed by atoms with Gasteiger partial charge in [0.25, 0.3) is 0 Å². The Bertz CT molecular complexity index is 1420. The van der Waals surface area contributed by atoms with Crippen molar-refractivity contribution < 1.29 is 13.5 Å². The largest absolute Gasteiger partial charge is 0.494 e. The van der Waals surface area contributed by atoms with E-state index in [1.807, 2.05) is 66.1 Å². The van der Waals surface area contributed by atoms with Crippen molar-refractivity contribution in [1.29, 1.82) is 0 Å². The summed E-state index contributed by atoms with van der Waals surface area (Å²) in [5, 5.41) is 9.46. The van der Waals surface area contributed by atoms with E-state index in [-0.39, 0.29) is 11.6 Å². The lowest BCUT2D eigenvalue weighted by molar-refractivity contribution is 0.0722. The molecular formula is C26H23F2N5OS. The Balaban J connectivity index is 1.49. The molecule has 9 heteroatoms. The van der Waals surface area contributed by atoms with Crippen LogP contribution < -0.4 is 4.74 Å². The predicted molar refractivity (Wildman–Crippen MR) is 132 cm³/mol.